The van der Waals surface area contributed by atoms with Crippen LogP contribution in [0.5, 0.6) is 0 Å². The Labute approximate surface area is 139 Å². The first-order valence-electron chi connectivity index (χ1n) is 6.15. The van der Waals surface area contributed by atoms with Gasteiger partial charge in [0.05, 0.1) is 27.3 Å². The summed E-state index contributed by atoms with van der Waals surface area (Å²) in [5.41, 5.74) is 2.53. The topological polar surface area (TPSA) is 55.1 Å². The molecule has 0 amide bonds. The quantitative estimate of drug-likeness (QED) is 0.639. The molecule has 0 aliphatic heterocycles. The van der Waals surface area contributed by atoms with Crippen molar-refractivity contribution in [3.8, 4) is 5.69 Å². The van der Waals surface area contributed by atoms with Gasteiger partial charge in [-0.3, -0.25) is 4.57 Å². The number of aryl methyl sites for hydroxylation is 1. The fourth-order valence-corrected chi connectivity index (χ4v) is 3.24. The van der Waals surface area contributed by atoms with Gasteiger partial charge in [0.2, 0.25) is 0 Å². The van der Waals surface area contributed by atoms with Crippen molar-refractivity contribution in [2.75, 3.05) is 0 Å². The van der Waals surface area contributed by atoms with E-state index in [1.54, 1.807) is 18.2 Å². The number of halogens is 2. The summed E-state index contributed by atoms with van der Waals surface area (Å²) in [5, 5.41) is 9.69. The molecule has 3 aromatic rings. The summed E-state index contributed by atoms with van der Waals surface area (Å²) in [5.74, 6) is -0.202. The average Bonchev–Trinajstić information content (AvgIpc) is 2.74. The van der Waals surface area contributed by atoms with Crippen molar-refractivity contribution in [3.63, 3.8) is 0 Å². The second-order valence-electron chi connectivity index (χ2n) is 4.60. The van der Waals surface area contributed by atoms with Crippen LogP contribution in [0.4, 0.5) is 0 Å². The predicted octanol–water partition coefficient (Wildman–Crippen LogP) is 4.29. The summed E-state index contributed by atoms with van der Waals surface area (Å²) in [6.45, 7) is 1.87. The third kappa shape index (κ3) is 2.51. The highest BCUT2D eigenvalue weighted by Crippen LogP contribution is 2.28. The Kier molecular flexibility index (Phi) is 3.62. The molecule has 3 rings (SSSR count). The van der Waals surface area contributed by atoms with Crippen LogP contribution >= 0.6 is 34.2 Å². The molecule has 0 unspecified atom stereocenters. The predicted molar refractivity (Wildman–Crippen MR) is 90.5 cm³/mol. The lowest BCUT2D eigenvalue weighted by molar-refractivity contribution is 0.0697. The Hall–Kier alpha value is -1.60. The van der Waals surface area contributed by atoms with Crippen molar-refractivity contribution >= 4 is 51.2 Å². The van der Waals surface area contributed by atoms with Crippen molar-refractivity contribution in [2.45, 2.75) is 6.92 Å². The molecule has 0 aliphatic rings. The fraction of sp³-hybridized carbons (Fsp3) is 0.0667. The van der Waals surface area contributed by atoms with Gasteiger partial charge in [0.15, 0.2) is 0 Å². The number of nitrogens with zero attached hydrogens (tertiary/aromatic N) is 2. The Morgan fingerprint density at radius 3 is 2.71 bits per heavy atom. The number of benzene rings is 2. The highest BCUT2D eigenvalue weighted by Gasteiger charge is 2.14. The van der Waals surface area contributed by atoms with Crippen LogP contribution in [0.15, 0.2) is 36.4 Å². The van der Waals surface area contributed by atoms with Crippen LogP contribution in [0.3, 0.4) is 0 Å². The zero-order valence-corrected chi connectivity index (χ0v) is 13.9. The summed E-state index contributed by atoms with van der Waals surface area (Å²) in [7, 11) is 0. The number of rotatable bonds is 2. The van der Waals surface area contributed by atoms with Crippen molar-refractivity contribution in [1.82, 2.24) is 9.55 Å². The number of carbonyl (C=O) groups is 1. The van der Waals surface area contributed by atoms with Crippen LogP contribution < -0.4 is 0 Å². The zero-order valence-electron chi connectivity index (χ0n) is 11.0. The molecule has 1 aromatic heterocycles. The van der Waals surface area contributed by atoms with Crippen LogP contribution in [-0.2, 0) is 0 Å². The summed E-state index contributed by atoms with van der Waals surface area (Å²) in [6.07, 6.45) is 0. The second-order valence-corrected chi connectivity index (χ2v) is 6.25. The van der Waals surface area contributed by atoms with E-state index in [0.717, 1.165) is 20.6 Å². The minimum atomic E-state index is -0.962. The van der Waals surface area contributed by atoms with Gasteiger partial charge >= 0.3 is 5.97 Å². The van der Waals surface area contributed by atoms with Crippen molar-refractivity contribution in [3.05, 3.63) is 56.4 Å². The summed E-state index contributed by atoms with van der Waals surface area (Å²) >= 11 is 8.53. The highest BCUT2D eigenvalue weighted by molar-refractivity contribution is 14.1. The fourth-order valence-electron chi connectivity index (χ4n) is 2.30. The second kappa shape index (κ2) is 5.31. The van der Waals surface area contributed by atoms with E-state index in [2.05, 4.69) is 27.6 Å². The normalized spacial score (nSPS) is 11.0. The first kappa shape index (κ1) is 14.3. The van der Waals surface area contributed by atoms with Crippen LogP contribution in [-0.4, -0.2) is 20.6 Å². The molecule has 0 saturated carbocycles. The van der Waals surface area contributed by atoms with Crippen LogP contribution in [0.2, 0.25) is 5.02 Å². The van der Waals surface area contributed by atoms with Crippen molar-refractivity contribution in [1.29, 1.82) is 0 Å². The first-order chi connectivity index (χ1) is 9.97. The van der Waals surface area contributed by atoms with Gasteiger partial charge in [-0.25, -0.2) is 9.78 Å². The van der Waals surface area contributed by atoms with Crippen LogP contribution in [0, 0.1) is 10.5 Å². The molecule has 1 N–H and O–H groups in total. The maximum atomic E-state index is 11.0. The Balaban J connectivity index is 2.27. The molecule has 0 spiro atoms. The highest BCUT2D eigenvalue weighted by atomic mass is 127. The largest absolute Gasteiger partial charge is 0.478 e. The maximum absolute atomic E-state index is 11.0. The minimum absolute atomic E-state index is 0.223. The Bertz CT molecular complexity index is 873. The smallest absolute Gasteiger partial charge is 0.335 e. The molecule has 0 bridgehead atoms. The van der Waals surface area contributed by atoms with Gasteiger partial charge in [-0.05, 0) is 65.9 Å². The van der Waals surface area contributed by atoms with E-state index in [1.165, 1.54) is 0 Å². The van der Waals surface area contributed by atoms with E-state index in [-0.39, 0.29) is 5.56 Å². The molecule has 0 aliphatic carbocycles. The number of imidazole rings is 1. The van der Waals surface area contributed by atoms with E-state index in [1.807, 2.05) is 29.7 Å². The standard InChI is InChI=1S/C15H10ClIN2O2/c1-8-18-12-6-9(15(20)21)2-4-14(12)19(8)13-5-3-10(17)7-11(13)16/h2-7H,1H3,(H,20,21). The van der Waals surface area contributed by atoms with Gasteiger partial charge in [-0.2, -0.15) is 0 Å². The van der Waals surface area contributed by atoms with Gasteiger partial charge in [0, 0.05) is 3.57 Å². The van der Waals surface area contributed by atoms with E-state index in [0.29, 0.717) is 10.5 Å². The minimum Gasteiger partial charge on any atom is -0.478 e. The van der Waals surface area contributed by atoms with Gasteiger partial charge in [0.25, 0.3) is 0 Å². The molecule has 0 fully saturated rings. The first-order valence-corrected chi connectivity index (χ1v) is 7.61. The summed E-state index contributed by atoms with van der Waals surface area (Å²) < 4.78 is 2.98. The number of carboxylic acid groups (broad SMARTS) is 1. The molecular formula is C15H10ClIN2O2. The van der Waals surface area contributed by atoms with Gasteiger partial charge in [-0.15, -0.1) is 0 Å². The molecule has 2 aromatic carbocycles. The Morgan fingerprint density at radius 2 is 2.05 bits per heavy atom. The maximum Gasteiger partial charge on any atom is 0.335 e. The van der Waals surface area contributed by atoms with Gasteiger partial charge in [-0.1, -0.05) is 11.6 Å². The number of aromatic nitrogens is 2. The van der Waals surface area contributed by atoms with Gasteiger partial charge in [0.1, 0.15) is 5.82 Å². The van der Waals surface area contributed by atoms with E-state index >= 15 is 0 Å². The van der Waals surface area contributed by atoms with Crippen molar-refractivity contribution in [2.24, 2.45) is 0 Å². The lowest BCUT2D eigenvalue weighted by Gasteiger charge is -2.09. The molecule has 6 heteroatoms. The molecular weight excluding hydrogens is 403 g/mol. The third-order valence-corrected chi connectivity index (χ3v) is 4.19. The lowest BCUT2D eigenvalue weighted by atomic mass is 10.2. The Morgan fingerprint density at radius 1 is 1.29 bits per heavy atom. The average molecular weight is 413 g/mol. The van der Waals surface area contributed by atoms with Crippen LogP contribution in [0.1, 0.15) is 16.2 Å². The molecule has 0 radical (unpaired) electrons. The lowest BCUT2D eigenvalue weighted by Crippen LogP contribution is -1.99. The van der Waals surface area contributed by atoms with E-state index < -0.39 is 5.97 Å². The molecule has 0 atom stereocenters. The molecule has 4 nitrogen and oxygen atoms in total. The van der Waals surface area contributed by atoms with Gasteiger partial charge < -0.3 is 5.11 Å². The molecule has 1 heterocycles. The summed E-state index contributed by atoms with van der Waals surface area (Å²) in [4.78, 5) is 15.5. The number of fused-ring (bicyclic) bond motifs is 1. The third-order valence-electron chi connectivity index (χ3n) is 3.22. The number of aromatic carboxylic acids is 1. The molecule has 0 saturated heterocycles. The number of carboxylic acids is 1. The van der Waals surface area contributed by atoms with Crippen LogP contribution in [0.25, 0.3) is 16.7 Å². The molecule has 106 valence electrons. The molecule has 21 heavy (non-hydrogen) atoms. The summed E-state index contributed by atoms with van der Waals surface area (Å²) in [6, 6.07) is 10.7. The van der Waals surface area contributed by atoms with E-state index in [9.17, 15) is 4.79 Å². The van der Waals surface area contributed by atoms with Crippen molar-refractivity contribution < 1.29 is 9.90 Å². The monoisotopic (exact) mass is 412 g/mol. The SMILES string of the molecule is Cc1nc2cc(C(=O)O)ccc2n1-c1ccc(I)cc1Cl. The number of hydrogen-bond acceptors (Lipinski definition) is 2. The zero-order chi connectivity index (χ0) is 15.1. The number of hydrogen-bond donors (Lipinski definition) is 1. The van der Waals surface area contributed by atoms with E-state index in [4.69, 9.17) is 16.7 Å².